The zero-order chi connectivity index (χ0) is 35.6. The van der Waals surface area contributed by atoms with Crippen molar-refractivity contribution in [1.29, 1.82) is 0 Å². The summed E-state index contributed by atoms with van der Waals surface area (Å²) in [5.41, 5.74) is 11.8. The van der Waals surface area contributed by atoms with Gasteiger partial charge in [0.15, 0.2) is 0 Å². The Morgan fingerprint density at radius 2 is 0.725 bits per heavy atom. The smallest absolute Gasteiger partial charge is 0.0462 e. The summed E-state index contributed by atoms with van der Waals surface area (Å²) in [6.07, 6.45) is 23.3. The first kappa shape index (κ1) is 35.9. The SMILES string of the molecule is CCc1ccc(/C=C/c2ccc(N(c3ccc(/C=C/c4ccc(SC)cc4)cc3)c3ccc(/C=C/c4ccc(S(C)(C)C)cc4)cc3)cc2)cc1. The van der Waals surface area contributed by atoms with Crippen LogP contribution in [-0.4, -0.2) is 25.0 Å². The maximum absolute atomic E-state index is 2.33. The monoisotopic (exact) mass is 701 g/mol. The van der Waals surface area contributed by atoms with Crippen molar-refractivity contribution in [3.63, 3.8) is 0 Å². The molecule has 0 bridgehead atoms. The summed E-state index contributed by atoms with van der Waals surface area (Å²) >= 11 is 1.76. The third kappa shape index (κ3) is 9.85. The topological polar surface area (TPSA) is 3.24 Å². The molecular weight excluding hydrogens is 655 g/mol. The standard InChI is InChI=1S/C48H47NS2/c1-6-37-7-9-38(10-8-37)11-12-39-17-27-44(28-18-39)49(45-29-19-40(20-30-45)13-15-42-23-33-47(50-2)34-24-42)46-31-21-41(22-32-46)14-16-43-25-35-48(36-26-43)51(3,4)5/h7-36H,6H2,1-5H3/b12-11+,15-13+,16-14+. The zero-order valence-corrected chi connectivity index (χ0v) is 31.9. The van der Waals surface area contributed by atoms with Crippen molar-refractivity contribution >= 4 is 75.3 Å². The second-order valence-corrected chi connectivity index (χ2v) is 18.4. The quantitative estimate of drug-likeness (QED) is 0.0923. The Balaban J connectivity index is 1.24. The van der Waals surface area contributed by atoms with Crippen LogP contribution in [0.25, 0.3) is 36.5 Å². The van der Waals surface area contributed by atoms with E-state index in [2.05, 4.69) is 219 Å². The number of benzene rings is 6. The number of thioether (sulfide) groups is 1. The highest BCUT2D eigenvalue weighted by atomic mass is 32.3. The molecule has 6 rings (SSSR count). The van der Waals surface area contributed by atoms with E-state index in [0.29, 0.717) is 0 Å². The predicted octanol–water partition coefficient (Wildman–Crippen LogP) is 14.0. The number of nitrogens with zero attached hydrogens (tertiary/aromatic N) is 1. The Kier molecular flexibility index (Phi) is 11.8. The fraction of sp³-hybridized carbons (Fsp3) is 0.125. The van der Waals surface area contributed by atoms with Gasteiger partial charge in [0.1, 0.15) is 0 Å². The molecule has 256 valence electrons. The lowest BCUT2D eigenvalue weighted by molar-refractivity contribution is 1.14. The van der Waals surface area contributed by atoms with Crippen LogP contribution in [0.2, 0.25) is 0 Å². The molecule has 0 fully saturated rings. The van der Waals surface area contributed by atoms with Gasteiger partial charge in [0, 0.05) is 22.0 Å². The second-order valence-electron chi connectivity index (χ2n) is 13.4. The Labute approximate surface area is 311 Å². The Hall–Kier alpha value is -4.96. The summed E-state index contributed by atoms with van der Waals surface area (Å²) in [5, 5.41) is 0. The predicted molar refractivity (Wildman–Crippen MR) is 232 cm³/mol. The molecule has 6 aromatic rings. The molecule has 0 aliphatic heterocycles. The molecule has 0 N–H and O–H groups in total. The summed E-state index contributed by atoms with van der Waals surface area (Å²) < 4.78 is 0. The minimum Gasteiger partial charge on any atom is -0.311 e. The summed E-state index contributed by atoms with van der Waals surface area (Å²) in [6.45, 7) is 2.19. The van der Waals surface area contributed by atoms with Gasteiger partial charge < -0.3 is 4.90 Å². The van der Waals surface area contributed by atoms with Crippen LogP contribution in [0.5, 0.6) is 0 Å². The van der Waals surface area contributed by atoms with E-state index in [1.165, 1.54) is 43.2 Å². The molecule has 0 aromatic heterocycles. The molecule has 0 unspecified atom stereocenters. The molecule has 6 aromatic carbocycles. The molecule has 0 radical (unpaired) electrons. The molecule has 51 heavy (non-hydrogen) atoms. The molecule has 0 atom stereocenters. The van der Waals surface area contributed by atoms with E-state index in [9.17, 15) is 0 Å². The second kappa shape index (κ2) is 16.8. The van der Waals surface area contributed by atoms with E-state index in [1.807, 2.05) is 0 Å². The summed E-state index contributed by atoms with van der Waals surface area (Å²) in [6, 6.07) is 52.9. The maximum atomic E-state index is 2.33. The van der Waals surface area contributed by atoms with Gasteiger partial charge in [0.05, 0.1) is 0 Å². The van der Waals surface area contributed by atoms with Crippen molar-refractivity contribution in [3.05, 3.63) is 185 Å². The molecule has 0 spiro atoms. The molecule has 0 heterocycles. The zero-order valence-electron chi connectivity index (χ0n) is 30.3. The third-order valence-corrected chi connectivity index (χ3v) is 11.4. The highest BCUT2D eigenvalue weighted by Crippen LogP contribution is 2.45. The first-order valence-electron chi connectivity index (χ1n) is 17.4. The van der Waals surface area contributed by atoms with E-state index in [1.54, 1.807) is 11.8 Å². The normalized spacial score (nSPS) is 12.3. The van der Waals surface area contributed by atoms with Crippen LogP contribution in [0, 0.1) is 0 Å². The van der Waals surface area contributed by atoms with Crippen molar-refractivity contribution in [2.24, 2.45) is 0 Å². The third-order valence-electron chi connectivity index (χ3n) is 8.95. The molecule has 0 amide bonds. The van der Waals surface area contributed by atoms with Gasteiger partial charge >= 0.3 is 0 Å². The lowest BCUT2D eigenvalue weighted by atomic mass is 10.1. The van der Waals surface area contributed by atoms with E-state index in [0.717, 1.165) is 29.0 Å². The van der Waals surface area contributed by atoms with E-state index >= 15 is 0 Å². The van der Waals surface area contributed by atoms with Crippen LogP contribution in [0.4, 0.5) is 17.1 Å². The summed E-state index contributed by atoms with van der Waals surface area (Å²) in [7, 11) is -0.720. The van der Waals surface area contributed by atoms with Crippen molar-refractivity contribution < 1.29 is 0 Å². The van der Waals surface area contributed by atoms with E-state index in [4.69, 9.17) is 0 Å². The Morgan fingerprint density at radius 3 is 1.02 bits per heavy atom. The summed E-state index contributed by atoms with van der Waals surface area (Å²) in [5.74, 6) is 0. The van der Waals surface area contributed by atoms with Crippen molar-refractivity contribution in [3.8, 4) is 0 Å². The van der Waals surface area contributed by atoms with Crippen LogP contribution < -0.4 is 4.90 Å². The van der Waals surface area contributed by atoms with Crippen molar-refractivity contribution in [2.45, 2.75) is 23.1 Å². The lowest BCUT2D eigenvalue weighted by Gasteiger charge is -2.26. The molecule has 1 nitrogen and oxygen atoms in total. The van der Waals surface area contributed by atoms with Gasteiger partial charge in [0.2, 0.25) is 0 Å². The van der Waals surface area contributed by atoms with Crippen LogP contribution >= 0.6 is 21.8 Å². The van der Waals surface area contributed by atoms with Crippen LogP contribution in [-0.2, 0) is 6.42 Å². The van der Waals surface area contributed by atoms with Gasteiger partial charge in [0.25, 0.3) is 0 Å². The van der Waals surface area contributed by atoms with E-state index in [-0.39, 0.29) is 0 Å². The fourth-order valence-electron chi connectivity index (χ4n) is 5.79. The van der Waals surface area contributed by atoms with Gasteiger partial charge in [-0.2, -0.15) is 0 Å². The van der Waals surface area contributed by atoms with Gasteiger partial charge in [-0.05, 0) is 136 Å². The van der Waals surface area contributed by atoms with Crippen LogP contribution in [0.1, 0.15) is 45.9 Å². The van der Waals surface area contributed by atoms with E-state index < -0.39 is 10.0 Å². The largest absolute Gasteiger partial charge is 0.311 e. The van der Waals surface area contributed by atoms with Crippen LogP contribution in [0.3, 0.4) is 0 Å². The van der Waals surface area contributed by atoms with Gasteiger partial charge in [-0.1, -0.05) is 128 Å². The Bertz CT molecular complexity index is 1980. The average molecular weight is 702 g/mol. The first-order valence-corrected chi connectivity index (χ1v) is 21.5. The average Bonchev–Trinajstić information content (AvgIpc) is 3.17. The molecule has 0 aliphatic carbocycles. The lowest BCUT2D eigenvalue weighted by Crippen LogP contribution is -2.09. The highest BCUT2D eigenvalue weighted by Gasteiger charge is 2.13. The number of hydrogen-bond donors (Lipinski definition) is 0. The minimum absolute atomic E-state index is 0.720. The number of hydrogen-bond acceptors (Lipinski definition) is 2. The first-order chi connectivity index (χ1) is 24.8. The molecule has 0 aliphatic rings. The molecule has 3 heteroatoms. The minimum atomic E-state index is -0.720. The fourth-order valence-corrected chi connectivity index (χ4v) is 7.16. The molecular formula is C48H47NS2. The highest BCUT2D eigenvalue weighted by molar-refractivity contribution is 8.32. The van der Waals surface area contributed by atoms with Gasteiger partial charge in [-0.25, -0.2) is 10.0 Å². The van der Waals surface area contributed by atoms with Crippen LogP contribution in [0.15, 0.2) is 155 Å². The maximum Gasteiger partial charge on any atom is 0.0462 e. The molecule has 0 saturated carbocycles. The van der Waals surface area contributed by atoms with Gasteiger partial charge in [-0.3, -0.25) is 0 Å². The number of aryl methyl sites for hydroxylation is 1. The number of anilines is 3. The van der Waals surface area contributed by atoms with Crippen molar-refractivity contribution in [2.75, 3.05) is 29.9 Å². The molecule has 0 saturated heterocycles. The van der Waals surface area contributed by atoms with Crippen molar-refractivity contribution in [1.82, 2.24) is 0 Å². The Morgan fingerprint density at radius 1 is 0.431 bits per heavy atom. The number of rotatable bonds is 12. The van der Waals surface area contributed by atoms with Gasteiger partial charge in [-0.15, -0.1) is 11.8 Å². The summed E-state index contributed by atoms with van der Waals surface area (Å²) in [4.78, 5) is 5.03.